The molecule has 2 aromatic rings. The number of halogens is 3. The molecule has 0 atom stereocenters. The van der Waals surface area contributed by atoms with Crippen molar-refractivity contribution in [2.75, 3.05) is 0 Å². The highest BCUT2D eigenvalue weighted by molar-refractivity contribution is 7.86. The van der Waals surface area contributed by atoms with E-state index < -0.39 is 26.8 Å². The van der Waals surface area contributed by atoms with Crippen molar-refractivity contribution >= 4 is 22.2 Å². The summed E-state index contributed by atoms with van der Waals surface area (Å²) < 4.78 is 72.6. The van der Waals surface area contributed by atoms with Gasteiger partial charge >= 0.3 is 6.18 Å². The Morgan fingerprint density at radius 1 is 1.13 bits per heavy atom. The molecule has 0 spiro atoms. The van der Waals surface area contributed by atoms with E-state index in [2.05, 4.69) is 10.5 Å². The maximum absolute atomic E-state index is 13.2. The van der Waals surface area contributed by atoms with Crippen LogP contribution in [0.5, 0.6) is 0 Å². The number of benzene rings is 2. The van der Waals surface area contributed by atoms with Gasteiger partial charge in [0.2, 0.25) is 5.91 Å². The number of carbonyl (C=O) groups is 1. The van der Waals surface area contributed by atoms with Gasteiger partial charge in [0.15, 0.2) is 0 Å². The molecule has 6 nitrogen and oxygen atoms in total. The van der Waals surface area contributed by atoms with E-state index in [4.69, 9.17) is 0 Å². The minimum atomic E-state index is -4.79. The van der Waals surface area contributed by atoms with E-state index in [1.54, 1.807) is 6.07 Å². The quantitative estimate of drug-likeness (QED) is 0.377. The van der Waals surface area contributed by atoms with Gasteiger partial charge in [-0.15, -0.1) is 0 Å². The maximum atomic E-state index is 13.2. The van der Waals surface area contributed by atoms with Crippen LogP contribution in [0.1, 0.15) is 43.2 Å². The molecule has 2 N–H and O–H groups in total. The predicted molar refractivity (Wildman–Crippen MR) is 109 cm³/mol. The van der Waals surface area contributed by atoms with Crippen molar-refractivity contribution in [3.63, 3.8) is 0 Å². The molecule has 0 aromatic heterocycles. The Kier molecular flexibility index (Phi) is 6.80. The molecule has 0 heterocycles. The second-order valence-corrected chi connectivity index (χ2v) is 8.81. The summed E-state index contributed by atoms with van der Waals surface area (Å²) in [5, 5.41) is 3.87. The summed E-state index contributed by atoms with van der Waals surface area (Å²) in [6.07, 6.45) is 1.06. The van der Waals surface area contributed by atoms with Crippen molar-refractivity contribution in [3.05, 3.63) is 53.6 Å². The number of nitrogens with one attached hydrogen (secondary N) is 1. The van der Waals surface area contributed by atoms with Crippen LogP contribution >= 0.6 is 0 Å². The monoisotopic (exact) mass is 454 g/mol. The van der Waals surface area contributed by atoms with Crippen molar-refractivity contribution < 1.29 is 30.9 Å². The number of amides is 1. The molecule has 0 bridgehead atoms. The first-order valence-electron chi connectivity index (χ1n) is 9.66. The Labute approximate surface area is 177 Å². The second kappa shape index (κ2) is 9.19. The Morgan fingerprint density at radius 2 is 1.81 bits per heavy atom. The third-order valence-electron chi connectivity index (χ3n) is 5.18. The van der Waals surface area contributed by atoms with Crippen LogP contribution in [0, 0.1) is 5.92 Å². The molecule has 0 unspecified atom stereocenters. The predicted octanol–water partition coefficient (Wildman–Crippen LogP) is 4.65. The zero-order valence-corrected chi connectivity index (χ0v) is 17.2. The van der Waals surface area contributed by atoms with Gasteiger partial charge in [0.1, 0.15) is 4.90 Å². The van der Waals surface area contributed by atoms with Crippen molar-refractivity contribution in [1.82, 2.24) is 5.43 Å². The van der Waals surface area contributed by atoms with Gasteiger partial charge in [0.05, 0.1) is 11.8 Å². The smallest absolute Gasteiger partial charge is 0.282 e. The molecule has 0 saturated heterocycles. The van der Waals surface area contributed by atoms with Gasteiger partial charge in [0, 0.05) is 17.5 Å². The number of hydrazone groups is 1. The fraction of sp³-hybridized carbons (Fsp3) is 0.333. The zero-order valence-electron chi connectivity index (χ0n) is 16.4. The number of alkyl halides is 3. The second-order valence-electron chi connectivity index (χ2n) is 7.42. The Morgan fingerprint density at radius 3 is 2.45 bits per heavy atom. The molecule has 3 rings (SSSR count). The number of carbonyl (C=O) groups excluding carboxylic acids is 1. The topological polar surface area (TPSA) is 95.8 Å². The van der Waals surface area contributed by atoms with Crippen LogP contribution in [-0.4, -0.2) is 25.1 Å². The van der Waals surface area contributed by atoms with Crippen LogP contribution in [0.15, 0.2) is 52.5 Å². The summed E-state index contributed by atoms with van der Waals surface area (Å²) in [4.78, 5) is 11.4. The number of nitrogens with zero attached hydrogens (tertiary/aromatic N) is 1. The van der Waals surface area contributed by atoms with E-state index in [9.17, 15) is 30.9 Å². The average molecular weight is 454 g/mol. The lowest BCUT2D eigenvalue weighted by Crippen LogP contribution is -2.20. The molecule has 0 radical (unpaired) electrons. The minimum absolute atomic E-state index is 0.106. The lowest BCUT2D eigenvalue weighted by atomic mass is 9.98. The van der Waals surface area contributed by atoms with Crippen LogP contribution in [0.2, 0.25) is 0 Å². The summed E-state index contributed by atoms with van der Waals surface area (Å²) in [6, 6.07) is 7.99. The molecule has 1 aliphatic carbocycles. The number of rotatable bonds is 6. The third kappa shape index (κ3) is 5.92. The maximum Gasteiger partial charge on any atom is 0.416 e. The largest absolute Gasteiger partial charge is 0.416 e. The van der Waals surface area contributed by atoms with Gasteiger partial charge in [0.25, 0.3) is 10.1 Å². The van der Waals surface area contributed by atoms with Crippen molar-refractivity contribution in [1.29, 1.82) is 0 Å². The first-order chi connectivity index (χ1) is 14.6. The highest BCUT2D eigenvalue weighted by atomic mass is 32.2. The molecule has 2 aromatic carbocycles. The van der Waals surface area contributed by atoms with Gasteiger partial charge in [-0.1, -0.05) is 37.1 Å². The number of hydrogen-bond donors (Lipinski definition) is 2. The van der Waals surface area contributed by atoms with E-state index in [1.165, 1.54) is 24.4 Å². The van der Waals surface area contributed by atoms with Gasteiger partial charge in [-0.2, -0.15) is 26.7 Å². The fourth-order valence-corrected chi connectivity index (χ4v) is 4.38. The van der Waals surface area contributed by atoms with E-state index in [0.717, 1.165) is 25.7 Å². The van der Waals surface area contributed by atoms with E-state index in [-0.39, 0.29) is 22.6 Å². The highest BCUT2D eigenvalue weighted by Crippen LogP contribution is 2.36. The Bertz CT molecular complexity index is 1090. The Hall–Kier alpha value is -2.72. The van der Waals surface area contributed by atoms with Crippen molar-refractivity contribution in [2.24, 2.45) is 11.0 Å². The summed E-state index contributed by atoms with van der Waals surface area (Å²) in [6.45, 7) is 0. The molecular formula is C21H21F3N2O4S. The normalized spacial score (nSPS) is 15.5. The summed E-state index contributed by atoms with van der Waals surface area (Å²) in [7, 11) is -4.79. The van der Waals surface area contributed by atoms with Crippen LogP contribution in [0.3, 0.4) is 0 Å². The molecule has 1 saturated carbocycles. The lowest BCUT2D eigenvalue weighted by molar-refractivity contribution is -0.137. The molecule has 10 heteroatoms. The molecule has 1 aliphatic rings. The molecule has 1 amide bonds. The van der Waals surface area contributed by atoms with Crippen molar-refractivity contribution in [3.8, 4) is 11.1 Å². The minimum Gasteiger partial charge on any atom is -0.282 e. The molecular weight excluding hydrogens is 433 g/mol. The van der Waals surface area contributed by atoms with Crippen LogP contribution in [0.4, 0.5) is 13.2 Å². The Balaban J connectivity index is 1.92. The SMILES string of the molecule is O=C(CC1CCCC1)NN=Cc1ccccc1-c1cc(C(F)(F)F)ccc1S(=O)(=O)O. The van der Waals surface area contributed by atoms with Crippen LogP contribution < -0.4 is 5.43 Å². The van der Waals surface area contributed by atoms with Crippen molar-refractivity contribution in [2.45, 2.75) is 43.2 Å². The zero-order chi connectivity index (χ0) is 22.6. The first-order valence-corrected chi connectivity index (χ1v) is 11.1. The molecule has 31 heavy (non-hydrogen) atoms. The summed E-state index contributed by atoms with van der Waals surface area (Å²) in [5.41, 5.74) is 1.39. The van der Waals surface area contributed by atoms with E-state index >= 15 is 0 Å². The van der Waals surface area contributed by atoms with Gasteiger partial charge in [-0.05, 0) is 42.5 Å². The summed E-state index contributed by atoms with van der Waals surface area (Å²) >= 11 is 0. The average Bonchev–Trinajstić information content (AvgIpc) is 3.19. The van der Waals surface area contributed by atoms with E-state index in [1.807, 2.05) is 0 Å². The van der Waals surface area contributed by atoms with Crippen LogP contribution in [0.25, 0.3) is 11.1 Å². The first kappa shape index (κ1) is 23.0. The number of hydrogen-bond acceptors (Lipinski definition) is 4. The van der Waals surface area contributed by atoms with Gasteiger partial charge < -0.3 is 0 Å². The van der Waals surface area contributed by atoms with Crippen LogP contribution in [-0.2, 0) is 21.1 Å². The van der Waals surface area contributed by atoms with Gasteiger partial charge in [-0.3, -0.25) is 9.35 Å². The molecule has 1 fully saturated rings. The molecule has 0 aliphatic heterocycles. The lowest BCUT2D eigenvalue weighted by Gasteiger charge is -2.14. The summed E-state index contributed by atoms with van der Waals surface area (Å²) in [5.74, 6) is 0.0586. The van der Waals surface area contributed by atoms with Gasteiger partial charge in [-0.25, -0.2) is 5.43 Å². The molecule has 166 valence electrons. The standard InChI is InChI=1S/C21H21F3N2O4S/c22-21(23,24)16-9-10-19(31(28,29)30)18(12-16)17-8-4-3-7-15(17)13-25-26-20(27)11-14-5-1-2-6-14/h3-4,7-10,12-14H,1-2,5-6,11H2,(H,26,27)(H,28,29,30). The third-order valence-corrected chi connectivity index (χ3v) is 6.09. The highest BCUT2D eigenvalue weighted by Gasteiger charge is 2.32. The fourth-order valence-electron chi connectivity index (χ4n) is 3.69. The van der Waals surface area contributed by atoms with E-state index in [0.29, 0.717) is 30.5 Å².